The number of rotatable bonds is 11. The molecule has 0 amide bonds. The highest BCUT2D eigenvalue weighted by molar-refractivity contribution is 5.89. The van der Waals surface area contributed by atoms with Crippen LogP contribution in [0.1, 0.15) is 40.5 Å². The highest BCUT2D eigenvalue weighted by Crippen LogP contribution is 2.47. The molecule has 0 aromatic carbocycles. The van der Waals surface area contributed by atoms with Crippen LogP contribution >= 0.6 is 0 Å². The summed E-state index contributed by atoms with van der Waals surface area (Å²) in [5.74, 6) is -3.86. The van der Waals surface area contributed by atoms with Gasteiger partial charge in [0.2, 0.25) is 6.29 Å². The first kappa shape index (κ1) is 35.6. The molecule has 3 aliphatic heterocycles. The number of aliphatic hydroxyl groups excluding tert-OH is 6. The molecule has 6 N–H and O–H groups in total. The zero-order valence-corrected chi connectivity index (χ0v) is 25.5. The third-order valence-corrected chi connectivity index (χ3v) is 8.56. The van der Waals surface area contributed by atoms with Crippen LogP contribution in [0.15, 0.2) is 11.8 Å². The van der Waals surface area contributed by atoms with Crippen molar-refractivity contribution in [2.75, 3.05) is 19.8 Å². The summed E-state index contributed by atoms with van der Waals surface area (Å²) in [6, 6.07) is 0. The normalized spacial score (nSPS) is 41.7. The Labute approximate surface area is 259 Å². The van der Waals surface area contributed by atoms with Crippen molar-refractivity contribution in [3.05, 3.63) is 11.8 Å². The Hall–Kier alpha value is -2.25. The first-order valence-corrected chi connectivity index (χ1v) is 15.0. The van der Waals surface area contributed by atoms with Gasteiger partial charge in [0.25, 0.3) is 0 Å². The summed E-state index contributed by atoms with van der Waals surface area (Å²) in [6.07, 6.45) is -14.1. The Bertz CT molecular complexity index is 1080. The summed E-state index contributed by atoms with van der Waals surface area (Å²) >= 11 is 0. The van der Waals surface area contributed by atoms with E-state index in [0.29, 0.717) is 5.57 Å². The fourth-order valence-electron chi connectivity index (χ4n) is 6.27. The molecule has 4 rings (SSSR count). The van der Waals surface area contributed by atoms with Crippen molar-refractivity contribution in [3.63, 3.8) is 0 Å². The second kappa shape index (κ2) is 15.1. The monoisotopic (exact) mass is 648 g/mol. The molecule has 256 valence electrons. The van der Waals surface area contributed by atoms with E-state index < -0.39 is 116 Å². The molecule has 1 aliphatic carbocycles. The number of hydrogen-bond acceptors (Lipinski definition) is 16. The number of carbonyl (C=O) groups excluding carboxylic acids is 3. The zero-order chi connectivity index (χ0) is 33.2. The maximum atomic E-state index is 13.2. The first-order valence-electron chi connectivity index (χ1n) is 15.0. The fraction of sp³-hybridized carbons (Fsp3) is 0.828. The molecule has 0 aromatic heterocycles. The number of Topliss-reactive ketones (excluding diaryl/α,β-unsaturated/α-hetero) is 1. The van der Waals surface area contributed by atoms with Crippen LogP contribution in [0.4, 0.5) is 0 Å². The molecule has 16 heteroatoms. The van der Waals surface area contributed by atoms with Crippen LogP contribution in [-0.2, 0) is 47.5 Å². The molecule has 4 aliphatic rings. The molecule has 0 radical (unpaired) electrons. The van der Waals surface area contributed by atoms with Crippen LogP contribution < -0.4 is 0 Å². The van der Waals surface area contributed by atoms with Gasteiger partial charge in [0.05, 0.1) is 31.7 Å². The van der Waals surface area contributed by atoms with E-state index >= 15 is 0 Å². The van der Waals surface area contributed by atoms with E-state index in [1.165, 1.54) is 13.2 Å². The molecule has 0 unspecified atom stereocenters. The minimum atomic E-state index is -1.82. The van der Waals surface area contributed by atoms with Gasteiger partial charge in [-0.2, -0.15) is 0 Å². The minimum absolute atomic E-state index is 0.0377. The zero-order valence-electron chi connectivity index (χ0n) is 25.5. The van der Waals surface area contributed by atoms with E-state index in [1.807, 2.05) is 13.8 Å². The van der Waals surface area contributed by atoms with Crippen molar-refractivity contribution >= 4 is 17.7 Å². The van der Waals surface area contributed by atoms with Gasteiger partial charge in [-0.05, 0) is 30.8 Å². The maximum absolute atomic E-state index is 13.2. The Balaban J connectivity index is 1.50. The molecule has 14 atom stereocenters. The Morgan fingerprint density at radius 1 is 1.00 bits per heavy atom. The third-order valence-electron chi connectivity index (χ3n) is 8.56. The number of ether oxygens (including phenoxy) is 7. The molecular weight excluding hydrogens is 604 g/mol. The highest BCUT2D eigenvalue weighted by Gasteiger charge is 2.54. The topological polar surface area (TPSA) is 237 Å². The Morgan fingerprint density at radius 2 is 1.71 bits per heavy atom. The van der Waals surface area contributed by atoms with Crippen molar-refractivity contribution in [1.82, 2.24) is 0 Å². The number of fused-ring (bicyclic) bond motifs is 1. The van der Waals surface area contributed by atoms with Gasteiger partial charge < -0.3 is 63.8 Å². The number of carbonyl (C=O) groups is 3. The molecule has 45 heavy (non-hydrogen) atoms. The molecule has 3 fully saturated rings. The van der Waals surface area contributed by atoms with E-state index in [4.69, 9.17) is 33.2 Å². The smallest absolute Gasteiger partial charge is 0.309 e. The maximum Gasteiger partial charge on any atom is 0.309 e. The summed E-state index contributed by atoms with van der Waals surface area (Å²) < 4.78 is 39.2. The van der Waals surface area contributed by atoms with Gasteiger partial charge in [-0.25, -0.2) is 0 Å². The van der Waals surface area contributed by atoms with Crippen molar-refractivity contribution in [1.29, 1.82) is 0 Å². The largest absolute Gasteiger partial charge is 0.462 e. The van der Waals surface area contributed by atoms with Gasteiger partial charge in [-0.3, -0.25) is 14.4 Å². The molecule has 0 spiro atoms. The van der Waals surface area contributed by atoms with Gasteiger partial charge in [0.1, 0.15) is 24.4 Å². The highest BCUT2D eigenvalue weighted by atomic mass is 16.8. The summed E-state index contributed by atoms with van der Waals surface area (Å²) in [7, 11) is 0. The third kappa shape index (κ3) is 7.84. The van der Waals surface area contributed by atoms with Crippen molar-refractivity contribution in [2.24, 2.45) is 23.7 Å². The van der Waals surface area contributed by atoms with Gasteiger partial charge in [0.15, 0.2) is 30.6 Å². The van der Waals surface area contributed by atoms with E-state index in [-0.39, 0.29) is 25.4 Å². The number of aliphatic hydroxyl groups is 6. The number of esters is 2. The Kier molecular flexibility index (Phi) is 11.9. The van der Waals surface area contributed by atoms with Crippen molar-refractivity contribution in [3.8, 4) is 0 Å². The fourth-order valence-corrected chi connectivity index (χ4v) is 6.27. The molecule has 2 saturated heterocycles. The van der Waals surface area contributed by atoms with E-state index in [2.05, 4.69) is 0 Å². The molecule has 1 saturated carbocycles. The van der Waals surface area contributed by atoms with Crippen molar-refractivity contribution in [2.45, 2.75) is 108 Å². The SMILES string of the molecule is CC(=O)O[C@@H]1[C@@H](O)[C@@H](O)[C@H](O[C@@H]2C(=O)[C@H](O)[C@@H](CO)O[C@H]2OCC2=CO[C@@H](OC(=O)CC(C)C)[C@@H]3[C@@H](CO)[C@@H](O)C[C@H]23)O[C@H]1C. The Morgan fingerprint density at radius 3 is 2.33 bits per heavy atom. The standard InChI is InChI=1S/C29H44O16/c1-11(2)5-19(34)44-27-20-15(6-17(33)16(20)7-30)14(9-39-27)10-40-29-26(22(36)21(35)18(8-31)43-29)45-28-24(38)23(37)25(12(3)41-28)42-13(4)32/h9,11-12,15-18,20-21,23-31,33,35,37-38H,5-8,10H2,1-4H3/t12-,15+,16-,17-,18+,20-,21+,23-,24+,25-,26+,27-,28-,29+/m0/s1. The van der Waals surface area contributed by atoms with Gasteiger partial charge >= 0.3 is 11.9 Å². The van der Waals surface area contributed by atoms with Crippen LogP contribution in [0, 0.1) is 23.7 Å². The lowest BCUT2D eigenvalue weighted by atomic mass is 9.83. The van der Waals surface area contributed by atoms with Gasteiger partial charge in [0, 0.05) is 31.8 Å². The van der Waals surface area contributed by atoms with Crippen LogP contribution in [-0.4, -0.2) is 136 Å². The van der Waals surface area contributed by atoms with Crippen molar-refractivity contribution < 1.29 is 78.2 Å². The summed E-state index contributed by atoms with van der Waals surface area (Å²) in [5.41, 5.74) is 0.481. The quantitative estimate of drug-likeness (QED) is 0.131. The number of hydrogen-bond donors (Lipinski definition) is 6. The number of ketones is 1. The van der Waals surface area contributed by atoms with Gasteiger partial charge in [-0.1, -0.05) is 13.8 Å². The molecular formula is C29H44O16. The molecule has 16 nitrogen and oxygen atoms in total. The lowest BCUT2D eigenvalue weighted by molar-refractivity contribution is -0.334. The second-order valence-electron chi connectivity index (χ2n) is 12.3. The molecule has 3 heterocycles. The minimum Gasteiger partial charge on any atom is -0.462 e. The van der Waals surface area contributed by atoms with E-state index in [0.717, 1.165) is 6.92 Å². The first-order chi connectivity index (χ1) is 21.3. The summed E-state index contributed by atoms with van der Waals surface area (Å²) in [6.45, 7) is 4.89. The van der Waals surface area contributed by atoms with E-state index in [1.54, 1.807) is 0 Å². The lowest BCUT2D eigenvalue weighted by Gasteiger charge is -2.44. The summed E-state index contributed by atoms with van der Waals surface area (Å²) in [5, 5.41) is 62.1. The van der Waals surface area contributed by atoms with E-state index in [9.17, 15) is 45.0 Å². The predicted octanol–water partition coefficient (Wildman–Crippen LogP) is -2.13. The average molecular weight is 649 g/mol. The van der Waals surface area contributed by atoms with Crippen LogP contribution in [0.5, 0.6) is 0 Å². The predicted molar refractivity (Wildman–Crippen MR) is 146 cm³/mol. The lowest BCUT2D eigenvalue weighted by Crippen LogP contribution is -2.63. The summed E-state index contributed by atoms with van der Waals surface area (Å²) in [4.78, 5) is 37.0. The molecule has 0 aromatic rings. The van der Waals surface area contributed by atoms with Crippen LogP contribution in [0.25, 0.3) is 0 Å². The average Bonchev–Trinajstić information content (AvgIpc) is 3.32. The van der Waals surface area contributed by atoms with Gasteiger partial charge in [-0.15, -0.1) is 0 Å². The van der Waals surface area contributed by atoms with Crippen LogP contribution in [0.2, 0.25) is 0 Å². The molecule has 0 bridgehead atoms. The van der Waals surface area contributed by atoms with Crippen LogP contribution in [0.3, 0.4) is 0 Å². The second-order valence-corrected chi connectivity index (χ2v) is 12.3.